The molecule has 0 aliphatic carbocycles. The second-order valence-corrected chi connectivity index (χ2v) is 6.10. The summed E-state index contributed by atoms with van der Waals surface area (Å²) in [4.78, 5) is 20.9. The van der Waals surface area contributed by atoms with E-state index in [1.54, 1.807) is 42.3 Å². The number of carbonyl (C=O) groups is 1. The summed E-state index contributed by atoms with van der Waals surface area (Å²) in [7, 11) is 1.54. The van der Waals surface area contributed by atoms with Crippen molar-refractivity contribution in [3.63, 3.8) is 0 Å². The van der Waals surface area contributed by atoms with Gasteiger partial charge in [-0.3, -0.25) is 9.48 Å². The quantitative estimate of drug-likeness (QED) is 0.658. The lowest BCUT2D eigenvalue weighted by molar-refractivity contribution is 0.0924. The smallest absolute Gasteiger partial charge is 0.269 e. The van der Waals surface area contributed by atoms with E-state index in [2.05, 4.69) is 20.4 Å². The van der Waals surface area contributed by atoms with Gasteiger partial charge in [0.05, 0.1) is 26.0 Å². The molecule has 9 heteroatoms. The molecule has 1 aromatic carbocycles. The van der Waals surface area contributed by atoms with Gasteiger partial charge in [-0.25, -0.2) is 9.97 Å². The maximum Gasteiger partial charge on any atom is 0.269 e. The van der Waals surface area contributed by atoms with Gasteiger partial charge in [0.1, 0.15) is 18.0 Å². The van der Waals surface area contributed by atoms with E-state index < -0.39 is 0 Å². The van der Waals surface area contributed by atoms with Crippen molar-refractivity contribution < 1.29 is 19.4 Å². The molecule has 0 spiro atoms. The number of amides is 1. The number of hydrogen-bond acceptors (Lipinski definition) is 7. The second kappa shape index (κ2) is 7.65. The van der Waals surface area contributed by atoms with Gasteiger partial charge in [0.2, 0.25) is 0 Å². The van der Waals surface area contributed by atoms with E-state index >= 15 is 0 Å². The van der Waals surface area contributed by atoms with Crippen LogP contribution in [0.15, 0.2) is 36.5 Å². The lowest BCUT2D eigenvalue weighted by atomic mass is 10.1. The number of carbonyl (C=O) groups excluding carboxylic acids is 1. The van der Waals surface area contributed by atoms with Gasteiger partial charge < -0.3 is 19.9 Å². The Morgan fingerprint density at radius 2 is 2.11 bits per heavy atom. The molecule has 0 saturated carbocycles. The first-order valence-electron chi connectivity index (χ1n) is 8.81. The number of methoxy groups -OCH3 is 1. The van der Waals surface area contributed by atoms with Crippen LogP contribution >= 0.6 is 0 Å². The summed E-state index contributed by atoms with van der Waals surface area (Å²) in [6.07, 6.45) is 1.65. The SMILES string of the molecule is COc1cc(-c2nccc(-c3cc4n(n3)CCNC4=O)n2)ccc1OCCO. The van der Waals surface area contributed by atoms with E-state index in [0.717, 1.165) is 5.56 Å². The van der Waals surface area contributed by atoms with Gasteiger partial charge in [0.25, 0.3) is 5.91 Å². The molecule has 0 fully saturated rings. The first-order valence-corrected chi connectivity index (χ1v) is 8.81. The number of nitrogens with one attached hydrogen (secondary N) is 1. The standard InChI is InChI=1S/C19H19N5O4/c1-27-17-10-12(2-3-16(17)28-9-8-25)18-20-5-4-13(22-18)14-11-15-19(26)21-6-7-24(15)23-14/h2-5,10-11,25H,6-9H2,1H3,(H,21,26). The van der Waals surface area contributed by atoms with Crippen LogP contribution in [0.4, 0.5) is 0 Å². The van der Waals surface area contributed by atoms with Gasteiger partial charge in [-0.15, -0.1) is 0 Å². The Balaban J connectivity index is 1.67. The van der Waals surface area contributed by atoms with Crippen LogP contribution < -0.4 is 14.8 Å². The topological polar surface area (TPSA) is 111 Å². The number of aromatic nitrogens is 4. The van der Waals surface area contributed by atoms with Crippen LogP contribution in [0.2, 0.25) is 0 Å². The maximum absolute atomic E-state index is 11.9. The normalized spacial score (nSPS) is 13.0. The highest BCUT2D eigenvalue weighted by Crippen LogP contribution is 2.32. The Labute approximate surface area is 161 Å². The molecule has 28 heavy (non-hydrogen) atoms. The van der Waals surface area contributed by atoms with E-state index in [-0.39, 0.29) is 19.1 Å². The lowest BCUT2D eigenvalue weighted by Crippen LogP contribution is -2.35. The van der Waals surface area contributed by atoms with Crippen LogP contribution in [-0.2, 0) is 6.54 Å². The van der Waals surface area contributed by atoms with Crippen molar-refractivity contribution in [3.8, 4) is 34.3 Å². The van der Waals surface area contributed by atoms with Crippen molar-refractivity contribution in [3.05, 3.63) is 42.2 Å². The highest BCUT2D eigenvalue weighted by atomic mass is 16.5. The molecule has 3 heterocycles. The third-order valence-corrected chi connectivity index (χ3v) is 4.31. The number of hydrogen-bond donors (Lipinski definition) is 2. The van der Waals surface area contributed by atoms with Gasteiger partial charge in [0, 0.05) is 18.3 Å². The number of aliphatic hydroxyl groups excluding tert-OH is 1. The number of nitrogens with zero attached hydrogens (tertiary/aromatic N) is 4. The monoisotopic (exact) mass is 381 g/mol. The van der Waals surface area contributed by atoms with Gasteiger partial charge in [-0.1, -0.05) is 0 Å². The Kier molecular flexibility index (Phi) is 4.90. The van der Waals surface area contributed by atoms with E-state index in [0.29, 0.717) is 47.5 Å². The average Bonchev–Trinajstić information content (AvgIpc) is 3.18. The molecule has 0 bridgehead atoms. The molecular weight excluding hydrogens is 362 g/mol. The van der Waals surface area contributed by atoms with Crippen molar-refractivity contribution in [2.24, 2.45) is 0 Å². The molecule has 0 saturated heterocycles. The fourth-order valence-corrected chi connectivity index (χ4v) is 2.98. The summed E-state index contributed by atoms with van der Waals surface area (Å²) in [5, 5.41) is 16.2. The summed E-state index contributed by atoms with van der Waals surface area (Å²) in [5.41, 5.74) is 2.51. The zero-order valence-corrected chi connectivity index (χ0v) is 15.3. The van der Waals surface area contributed by atoms with Crippen molar-refractivity contribution in [1.29, 1.82) is 0 Å². The molecule has 0 unspecified atom stereocenters. The first-order chi connectivity index (χ1) is 13.7. The van der Waals surface area contributed by atoms with Gasteiger partial charge in [0.15, 0.2) is 17.3 Å². The zero-order valence-electron chi connectivity index (χ0n) is 15.3. The van der Waals surface area contributed by atoms with E-state index in [9.17, 15) is 4.79 Å². The van der Waals surface area contributed by atoms with E-state index in [1.807, 2.05) is 6.07 Å². The molecule has 1 aliphatic heterocycles. The Morgan fingerprint density at radius 3 is 2.89 bits per heavy atom. The van der Waals surface area contributed by atoms with Crippen LogP contribution in [0.3, 0.4) is 0 Å². The average molecular weight is 381 g/mol. The van der Waals surface area contributed by atoms with E-state index in [4.69, 9.17) is 14.6 Å². The first kappa shape index (κ1) is 17.9. The largest absolute Gasteiger partial charge is 0.493 e. The third kappa shape index (κ3) is 3.39. The minimum Gasteiger partial charge on any atom is -0.493 e. The van der Waals surface area contributed by atoms with Crippen LogP contribution in [-0.4, -0.2) is 57.6 Å². The molecule has 0 atom stereocenters. The van der Waals surface area contributed by atoms with Crippen molar-refractivity contribution in [2.75, 3.05) is 26.9 Å². The van der Waals surface area contributed by atoms with Gasteiger partial charge >= 0.3 is 0 Å². The molecule has 144 valence electrons. The maximum atomic E-state index is 11.9. The predicted octanol–water partition coefficient (Wildman–Crippen LogP) is 1.13. The summed E-state index contributed by atoms with van der Waals surface area (Å²) in [5.74, 6) is 1.42. The van der Waals surface area contributed by atoms with Gasteiger partial charge in [-0.2, -0.15) is 5.10 Å². The number of ether oxygens (including phenoxy) is 2. The number of benzene rings is 1. The van der Waals surface area contributed by atoms with Crippen molar-refractivity contribution in [1.82, 2.24) is 25.1 Å². The minimum atomic E-state index is -0.137. The number of rotatable bonds is 6. The molecule has 0 radical (unpaired) electrons. The van der Waals surface area contributed by atoms with Crippen LogP contribution in [0.5, 0.6) is 11.5 Å². The molecule has 4 rings (SSSR count). The lowest BCUT2D eigenvalue weighted by Gasteiger charge is -2.13. The molecular formula is C19H19N5O4. The van der Waals surface area contributed by atoms with Crippen LogP contribution in [0, 0.1) is 0 Å². The Morgan fingerprint density at radius 1 is 1.21 bits per heavy atom. The van der Waals surface area contributed by atoms with Crippen molar-refractivity contribution >= 4 is 5.91 Å². The summed E-state index contributed by atoms with van der Waals surface area (Å²) in [6, 6.07) is 8.83. The molecule has 1 amide bonds. The fourth-order valence-electron chi connectivity index (χ4n) is 2.98. The molecule has 9 nitrogen and oxygen atoms in total. The zero-order chi connectivity index (χ0) is 19.5. The minimum absolute atomic E-state index is 0.0806. The molecule has 2 aromatic heterocycles. The highest BCUT2D eigenvalue weighted by molar-refractivity contribution is 5.94. The Bertz CT molecular complexity index is 1020. The second-order valence-electron chi connectivity index (χ2n) is 6.10. The Hall–Kier alpha value is -3.46. The van der Waals surface area contributed by atoms with Crippen molar-refractivity contribution in [2.45, 2.75) is 6.54 Å². The van der Waals surface area contributed by atoms with E-state index in [1.165, 1.54) is 0 Å². The molecule has 3 aromatic rings. The summed E-state index contributed by atoms with van der Waals surface area (Å²) in [6.45, 7) is 1.29. The third-order valence-electron chi connectivity index (χ3n) is 4.31. The molecule has 2 N–H and O–H groups in total. The fraction of sp³-hybridized carbons (Fsp3) is 0.263. The summed E-state index contributed by atoms with van der Waals surface area (Å²) < 4.78 is 12.5. The molecule has 1 aliphatic rings. The number of fused-ring (bicyclic) bond motifs is 1. The predicted molar refractivity (Wildman–Crippen MR) is 100 cm³/mol. The summed E-state index contributed by atoms with van der Waals surface area (Å²) >= 11 is 0. The van der Waals surface area contributed by atoms with Crippen LogP contribution in [0.25, 0.3) is 22.8 Å². The van der Waals surface area contributed by atoms with Crippen LogP contribution in [0.1, 0.15) is 10.5 Å². The number of aliphatic hydroxyl groups is 1. The highest BCUT2D eigenvalue weighted by Gasteiger charge is 2.20. The van der Waals surface area contributed by atoms with Gasteiger partial charge in [-0.05, 0) is 30.3 Å².